The number of nitrogens with zero attached hydrogens (tertiary/aromatic N) is 2. The molecule has 1 atom stereocenters. The fourth-order valence-electron chi connectivity index (χ4n) is 4.04. The van der Waals surface area contributed by atoms with Gasteiger partial charge in [0.15, 0.2) is 17.5 Å². The third kappa shape index (κ3) is 8.99. The van der Waals surface area contributed by atoms with Gasteiger partial charge >= 0.3 is 0 Å². The number of nitrogens with one attached hydrogen (secondary N) is 2. The van der Waals surface area contributed by atoms with E-state index in [1.165, 1.54) is 7.11 Å². The molecule has 2 aliphatic rings. The largest absolute Gasteiger partial charge is 0.494 e. The smallest absolute Gasteiger partial charge is 0.191 e. The summed E-state index contributed by atoms with van der Waals surface area (Å²) >= 11 is 0. The Hall–Kier alpha value is -1.17. The van der Waals surface area contributed by atoms with E-state index >= 15 is 0 Å². The highest BCUT2D eigenvalue weighted by atomic mass is 127. The molecule has 0 aliphatic carbocycles. The number of benzene rings is 1. The molecule has 2 heterocycles. The molecule has 1 unspecified atom stereocenters. The number of likely N-dealkylation sites (tertiary alicyclic amines) is 1. The zero-order valence-electron chi connectivity index (χ0n) is 19.3. The van der Waals surface area contributed by atoms with Crippen LogP contribution in [0.1, 0.15) is 31.2 Å². The van der Waals surface area contributed by atoms with Crippen LogP contribution in [0.3, 0.4) is 0 Å². The number of hydrogen-bond donors (Lipinski definition) is 2. The summed E-state index contributed by atoms with van der Waals surface area (Å²) in [6.45, 7) is 6.80. The van der Waals surface area contributed by atoms with Gasteiger partial charge in [0, 0.05) is 58.4 Å². The molecule has 1 aromatic carbocycles. The zero-order valence-corrected chi connectivity index (χ0v) is 21.6. The molecule has 0 aromatic heterocycles. The van der Waals surface area contributed by atoms with Crippen molar-refractivity contribution >= 4 is 29.9 Å². The molecule has 2 fully saturated rings. The molecule has 2 saturated heterocycles. The summed E-state index contributed by atoms with van der Waals surface area (Å²) in [5, 5.41) is 6.91. The Morgan fingerprint density at radius 3 is 2.75 bits per heavy atom. The highest BCUT2D eigenvalue weighted by Gasteiger charge is 2.20. The molecule has 2 N–H and O–H groups in total. The maximum atomic E-state index is 13.9. The normalized spacial score (nSPS) is 20.1. The quantitative estimate of drug-likeness (QED) is 0.197. The molecule has 0 bridgehead atoms. The van der Waals surface area contributed by atoms with Gasteiger partial charge in [0.25, 0.3) is 0 Å². The van der Waals surface area contributed by atoms with Gasteiger partial charge in [-0.25, -0.2) is 4.39 Å². The molecule has 0 spiro atoms. The maximum Gasteiger partial charge on any atom is 0.191 e. The van der Waals surface area contributed by atoms with Gasteiger partial charge in [0.1, 0.15) is 0 Å². The number of piperidine rings is 1. The molecule has 2 aliphatic heterocycles. The zero-order chi connectivity index (χ0) is 21.9. The molecule has 9 heteroatoms. The van der Waals surface area contributed by atoms with E-state index in [-0.39, 0.29) is 29.8 Å². The van der Waals surface area contributed by atoms with Gasteiger partial charge in [0.05, 0.1) is 20.3 Å². The van der Waals surface area contributed by atoms with Gasteiger partial charge in [0.2, 0.25) is 0 Å². The number of hydrogen-bond acceptors (Lipinski definition) is 5. The number of guanidine groups is 1. The fourth-order valence-corrected chi connectivity index (χ4v) is 4.04. The van der Waals surface area contributed by atoms with E-state index in [1.54, 1.807) is 19.2 Å². The summed E-state index contributed by atoms with van der Waals surface area (Å²) in [7, 11) is 3.29. The van der Waals surface area contributed by atoms with E-state index in [1.807, 2.05) is 6.07 Å². The molecule has 0 radical (unpaired) electrons. The Bertz CT molecular complexity index is 696. The third-order valence-corrected chi connectivity index (χ3v) is 5.91. The Labute approximate surface area is 208 Å². The average Bonchev–Trinajstić information content (AvgIpc) is 3.30. The van der Waals surface area contributed by atoms with Crippen molar-refractivity contribution in [1.29, 1.82) is 0 Å². The number of rotatable bonds is 10. The molecule has 32 heavy (non-hydrogen) atoms. The SMILES string of the molecule is CN=C(NCCCOCC1CCOC1)NC1CCN(Cc2ccc(OC)c(F)c2)CC1.I. The highest BCUT2D eigenvalue weighted by molar-refractivity contribution is 14.0. The van der Waals surface area contributed by atoms with Crippen LogP contribution in [0, 0.1) is 11.7 Å². The molecule has 7 nitrogen and oxygen atoms in total. The molecular weight excluding hydrogens is 526 g/mol. The van der Waals surface area contributed by atoms with Gasteiger partial charge in [-0.3, -0.25) is 9.89 Å². The Morgan fingerprint density at radius 1 is 1.28 bits per heavy atom. The van der Waals surface area contributed by atoms with Gasteiger partial charge in [-0.05, 0) is 43.4 Å². The van der Waals surface area contributed by atoms with Crippen LogP contribution in [0.2, 0.25) is 0 Å². The van der Waals surface area contributed by atoms with Crippen LogP contribution >= 0.6 is 24.0 Å². The minimum Gasteiger partial charge on any atom is -0.494 e. The Balaban J connectivity index is 0.00000363. The molecule has 0 amide bonds. The average molecular weight is 564 g/mol. The Kier molecular flexibility index (Phi) is 12.6. The van der Waals surface area contributed by atoms with Crippen molar-refractivity contribution in [3.8, 4) is 5.75 Å². The molecule has 1 aromatic rings. The molecule has 0 saturated carbocycles. The number of halogens is 2. The summed E-state index contributed by atoms with van der Waals surface area (Å²) in [6, 6.07) is 5.60. The minimum atomic E-state index is -0.302. The predicted octanol–water partition coefficient (Wildman–Crippen LogP) is 3.02. The monoisotopic (exact) mass is 564 g/mol. The number of ether oxygens (including phenoxy) is 3. The predicted molar refractivity (Wildman–Crippen MR) is 136 cm³/mol. The minimum absolute atomic E-state index is 0. The van der Waals surface area contributed by atoms with Crippen molar-refractivity contribution in [1.82, 2.24) is 15.5 Å². The molecular formula is C23H38FIN4O3. The topological polar surface area (TPSA) is 67.4 Å². The van der Waals surface area contributed by atoms with Crippen molar-refractivity contribution in [2.75, 3.05) is 60.2 Å². The first-order chi connectivity index (χ1) is 15.2. The standard InChI is InChI=1S/C23H37FN4O3.HI/c1-25-23(26-9-3-12-30-16-19-8-13-31-17-19)27-20-6-10-28(11-7-20)15-18-4-5-22(29-2)21(24)14-18;/h4-5,14,19-20H,3,6-13,15-17H2,1-2H3,(H2,25,26,27);1H. The fraction of sp³-hybridized carbons (Fsp3) is 0.696. The van der Waals surface area contributed by atoms with Crippen LogP contribution < -0.4 is 15.4 Å². The van der Waals surface area contributed by atoms with E-state index in [2.05, 4.69) is 20.5 Å². The summed E-state index contributed by atoms with van der Waals surface area (Å²) in [5.41, 5.74) is 0.977. The van der Waals surface area contributed by atoms with E-state index < -0.39 is 0 Å². The Morgan fingerprint density at radius 2 is 2.09 bits per heavy atom. The second-order valence-corrected chi connectivity index (χ2v) is 8.32. The van der Waals surface area contributed by atoms with E-state index in [0.717, 1.165) is 89.8 Å². The second-order valence-electron chi connectivity index (χ2n) is 8.32. The highest BCUT2D eigenvalue weighted by Crippen LogP contribution is 2.20. The summed E-state index contributed by atoms with van der Waals surface area (Å²) < 4.78 is 30.0. The van der Waals surface area contributed by atoms with Crippen molar-refractivity contribution in [2.24, 2.45) is 10.9 Å². The van der Waals surface area contributed by atoms with Crippen LogP contribution in [0.4, 0.5) is 4.39 Å². The van der Waals surface area contributed by atoms with E-state index in [4.69, 9.17) is 14.2 Å². The van der Waals surface area contributed by atoms with Crippen LogP contribution in [-0.2, 0) is 16.0 Å². The lowest BCUT2D eigenvalue weighted by Gasteiger charge is -2.33. The summed E-state index contributed by atoms with van der Waals surface area (Å²) in [4.78, 5) is 6.71. The van der Waals surface area contributed by atoms with Crippen molar-refractivity contribution < 1.29 is 18.6 Å². The first kappa shape index (κ1) is 27.1. The summed E-state index contributed by atoms with van der Waals surface area (Å²) in [5.74, 6) is 1.40. The van der Waals surface area contributed by atoms with Crippen LogP contribution in [-0.4, -0.2) is 77.1 Å². The van der Waals surface area contributed by atoms with Crippen LogP contribution in [0.5, 0.6) is 5.75 Å². The van der Waals surface area contributed by atoms with Gasteiger partial charge in [-0.1, -0.05) is 6.07 Å². The molecule has 3 rings (SSSR count). The van der Waals surface area contributed by atoms with Crippen LogP contribution in [0.15, 0.2) is 23.2 Å². The number of methoxy groups -OCH3 is 1. The van der Waals surface area contributed by atoms with Crippen LogP contribution in [0.25, 0.3) is 0 Å². The first-order valence-corrected chi connectivity index (χ1v) is 11.4. The molecule has 182 valence electrons. The maximum absolute atomic E-state index is 13.9. The van der Waals surface area contributed by atoms with E-state index in [9.17, 15) is 4.39 Å². The number of aliphatic imine (C=N–C) groups is 1. The second kappa shape index (κ2) is 14.9. The van der Waals surface area contributed by atoms with Gasteiger partial charge in [-0.2, -0.15) is 0 Å². The lowest BCUT2D eigenvalue weighted by molar-refractivity contribution is 0.0888. The van der Waals surface area contributed by atoms with Crippen molar-refractivity contribution in [2.45, 2.75) is 38.3 Å². The van der Waals surface area contributed by atoms with E-state index in [0.29, 0.717) is 17.7 Å². The van der Waals surface area contributed by atoms with Crippen molar-refractivity contribution in [3.05, 3.63) is 29.6 Å². The lowest BCUT2D eigenvalue weighted by atomic mass is 10.0. The van der Waals surface area contributed by atoms with Gasteiger partial charge in [-0.15, -0.1) is 24.0 Å². The van der Waals surface area contributed by atoms with Crippen molar-refractivity contribution in [3.63, 3.8) is 0 Å². The lowest BCUT2D eigenvalue weighted by Crippen LogP contribution is -2.48. The van der Waals surface area contributed by atoms with Gasteiger partial charge < -0.3 is 24.8 Å². The first-order valence-electron chi connectivity index (χ1n) is 11.4. The summed E-state index contributed by atoms with van der Waals surface area (Å²) in [6.07, 6.45) is 4.13. The third-order valence-electron chi connectivity index (χ3n) is 5.91.